The van der Waals surface area contributed by atoms with Gasteiger partial charge in [0.05, 0.1) is 5.69 Å². The first kappa shape index (κ1) is 19.6. The zero-order valence-electron chi connectivity index (χ0n) is 18.2. The molecule has 1 N–H and O–H groups in total. The molecule has 0 radical (unpaired) electrons. The zero-order chi connectivity index (χ0) is 19.5. The standard InChI is InChI=1S/C24H39N5/c1-2-9-16-28(15-8-1)23-21-12-6-7-13-22(21)26-24(27-23)25-19-14-17-29(18-19)20-10-4-3-5-11-20/h19-20H,1-18H2,(H,25,26,27)/t19-/m0/s1. The fourth-order valence-electron chi connectivity index (χ4n) is 6.05. The van der Waals surface area contributed by atoms with E-state index >= 15 is 0 Å². The summed E-state index contributed by atoms with van der Waals surface area (Å²) >= 11 is 0. The third-order valence-electron chi connectivity index (χ3n) is 7.71. The zero-order valence-corrected chi connectivity index (χ0v) is 18.2. The highest BCUT2D eigenvalue weighted by Gasteiger charge is 2.30. The molecule has 2 aliphatic carbocycles. The third-order valence-corrected chi connectivity index (χ3v) is 7.71. The monoisotopic (exact) mass is 397 g/mol. The molecule has 1 saturated carbocycles. The van der Waals surface area contributed by atoms with Crippen molar-refractivity contribution < 1.29 is 0 Å². The molecule has 1 atom stereocenters. The van der Waals surface area contributed by atoms with Crippen molar-refractivity contribution in [1.29, 1.82) is 0 Å². The first-order valence-electron chi connectivity index (χ1n) is 12.5. The number of fused-ring (bicyclic) bond motifs is 1. The molecule has 5 nitrogen and oxygen atoms in total. The van der Waals surface area contributed by atoms with Crippen LogP contribution in [0.25, 0.3) is 0 Å². The minimum absolute atomic E-state index is 0.510. The summed E-state index contributed by atoms with van der Waals surface area (Å²) in [5.41, 5.74) is 2.79. The lowest BCUT2D eigenvalue weighted by Crippen LogP contribution is -2.36. The van der Waals surface area contributed by atoms with Crippen LogP contribution in [0, 0.1) is 0 Å². The Hall–Kier alpha value is -1.36. The first-order chi connectivity index (χ1) is 14.4. The summed E-state index contributed by atoms with van der Waals surface area (Å²) in [7, 11) is 0. The molecule has 160 valence electrons. The molecule has 0 unspecified atom stereocenters. The van der Waals surface area contributed by atoms with Crippen molar-refractivity contribution in [3.8, 4) is 0 Å². The van der Waals surface area contributed by atoms with Gasteiger partial charge in [-0.25, -0.2) is 4.98 Å². The predicted molar refractivity (Wildman–Crippen MR) is 120 cm³/mol. The van der Waals surface area contributed by atoms with Gasteiger partial charge in [0.25, 0.3) is 0 Å². The molecule has 0 amide bonds. The molecular weight excluding hydrogens is 358 g/mol. The number of anilines is 2. The van der Waals surface area contributed by atoms with E-state index in [1.807, 2.05) is 0 Å². The second kappa shape index (κ2) is 9.20. The van der Waals surface area contributed by atoms with Crippen LogP contribution in [-0.2, 0) is 12.8 Å². The molecule has 3 heterocycles. The second-order valence-electron chi connectivity index (χ2n) is 9.82. The number of nitrogens with zero attached hydrogens (tertiary/aromatic N) is 4. The number of aromatic nitrogens is 2. The van der Waals surface area contributed by atoms with Crippen LogP contribution < -0.4 is 10.2 Å². The summed E-state index contributed by atoms with van der Waals surface area (Å²) in [6.07, 6.45) is 18.5. The van der Waals surface area contributed by atoms with Crippen LogP contribution in [0.5, 0.6) is 0 Å². The molecule has 0 spiro atoms. The topological polar surface area (TPSA) is 44.3 Å². The van der Waals surface area contributed by atoms with Crippen LogP contribution in [-0.4, -0.2) is 53.1 Å². The van der Waals surface area contributed by atoms with E-state index in [0.717, 1.165) is 18.4 Å². The quantitative estimate of drug-likeness (QED) is 0.807. The summed E-state index contributed by atoms with van der Waals surface area (Å²) < 4.78 is 0. The van der Waals surface area contributed by atoms with Gasteiger partial charge in [0.1, 0.15) is 5.82 Å². The van der Waals surface area contributed by atoms with Crippen molar-refractivity contribution in [3.63, 3.8) is 0 Å². The van der Waals surface area contributed by atoms with E-state index in [0.29, 0.717) is 6.04 Å². The maximum absolute atomic E-state index is 5.14. The predicted octanol–water partition coefficient (Wildman–Crippen LogP) is 4.55. The van der Waals surface area contributed by atoms with Crippen LogP contribution in [0.15, 0.2) is 0 Å². The maximum atomic E-state index is 5.14. The lowest BCUT2D eigenvalue weighted by molar-refractivity contribution is 0.190. The van der Waals surface area contributed by atoms with Crippen molar-refractivity contribution in [2.24, 2.45) is 0 Å². The van der Waals surface area contributed by atoms with Crippen molar-refractivity contribution >= 4 is 11.8 Å². The number of aryl methyl sites for hydroxylation is 1. The maximum Gasteiger partial charge on any atom is 0.225 e. The summed E-state index contributed by atoms with van der Waals surface area (Å²) in [5.74, 6) is 2.17. The number of hydrogen-bond acceptors (Lipinski definition) is 5. The minimum Gasteiger partial charge on any atom is -0.356 e. The number of hydrogen-bond donors (Lipinski definition) is 1. The Kier molecular flexibility index (Phi) is 6.21. The van der Waals surface area contributed by atoms with Gasteiger partial charge in [-0.15, -0.1) is 0 Å². The van der Waals surface area contributed by atoms with E-state index in [9.17, 15) is 0 Å². The fraction of sp³-hybridized carbons (Fsp3) is 0.833. The van der Waals surface area contributed by atoms with Crippen LogP contribution >= 0.6 is 0 Å². The van der Waals surface area contributed by atoms with Crippen molar-refractivity contribution in [3.05, 3.63) is 11.3 Å². The first-order valence-corrected chi connectivity index (χ1v) is 12.5. The number of rotatable bonds is 4. The summed E-state index contributed by atoms with van der Waals surface area (Å²) in [4.78, 5) is 15.5. The molecule has 2 aliphatic heterocycles. The van der Waals surface area contributed by atoms with Crippen molar-refractivity contribution in [2.45, 2.75) is 102 Å². The second-order valence-corrected chi connectivity index (χ2v) is 9.82. The van der Waals surface area contributed by atoms with E-state index in [-0.39, 0.29) is 0 Å². The Morgan fingerprint density at radius 1 is 0.724 bits per heavy atom. The summed E-state index contributed by atoms with van der Waals surface area (Å²) in [6, 6.07) is 1.34. The van der Waals surface area contributed by atoms with E-state index < -0.39 is 0 Å². The van der Waals surface area contributed by atoms with Gasteiger partial charge >= 0.3 is 0 Å². The SMILES string of the molecule is C1CCC(N2CC[C@H](Nc3nc4c(c(N5CCCCCC5)n3)CCCC4)C2)CC1. The third kappa shape index (κ3) is 4.55. The largest absolute Gasteiger partial charge is 0.356 e. The Bertz CT molecular complexity index is 676. The normalized spacial score (nSPS) is 26.9. The highest BCUT2D eigenvalue weighted by molar-refractivity contribution is 5.54. The Labute approximate surface area is 176 Å². The van der Waals surface area contributed by atoms with E-state index in [2.05, 4.69) is 15.1 Å². The molecule has 5 heteroatoms. The highest BCUT2D eigenvalue weighted by Crippen LogP contribution is 2.31. The summed E-state index contributed by atoms with van der Waals surface area (Å²) in [6.45, 7) is 4.75. The van der Waals surface area contributed by atoms with Gasteiger partial charge in [-0.05, 0) is 57.8 Å². The number of nitrogens with one attached hydrogen (secondary N) is 1. The Morgan fingerprint density at radius 3 is 2.31 bits per heavy atom. The van der Waals surface area contributed by atoms with Crippen LogP contribution in [0.4, 0.5) is 11.8 Å². The van der Waals surface area contributed by atoms with Crippen molar-refractivity contribution in [1.82, 2.24) is 14.9 Å². The van der Waals surface area contributed by atoms with Gasteiger partial charge in [-0.3, -0.25) is 4.90 Å². The van der Waals surface area contributed by atoms with Crippen LogP contribution in [0.1, 0.15) is 88.3 Å². The summed E-state index contributed by atoms with van der Waals surface area (Å²) in [5, 5.41) is 3.76. The molecule has 5 rings (SSSR count). The van der Waals surface area contributed by atoms with E-state index in [1.54, 1.807) is 0 Å². The van der Waals surface area contributed by atoms with Gasteiger partial charge in [-0.2, -0.15) is 4.98 Å². The molecule has 3 fully saturated rings. The number of likely N-dealkylation sites (tertiary alicyclic amines) is 1. The molecule has 0 bridgehead atoms. The van der Waals surface area contributed by atoms with Crippen molar-refractivity contribution in [2.75, 3.05) is 36.4 Å². The molecule has 1 aromatic rings. The molecule has 1 aromatic heterocycles. The lowest BCUT2D eigenvalue weighted by atomic mass is 9.94. The van der Waals surface area contributed by atoms with E-state index in [1.165, 1.54) is 127 Å². The highest BCUT2D eigenvalue weighted by atomic mass is 15.3. The fourth-order valence-corrected chi connectivity index (χ4v) is 6.05. The van der Waals surface area contributed by atoms with E-state index in [4.69, 9.17) is 9.97 Å². The van der Waals surface area contributed by atoms with Gasteiger partial charge in [-0.1, -0.05) is 32.1 Å². The molecular formula is C24H39N5. The van der Waals surface area contributed by atoms with Crippen LogP contribution in [0.2, 0.25) is 0 Å². The van der Waals surface area contributed by atoms with Gasteiger partial charge < -0.3 is 10.2 Å². The van der Waals surface area contributed by atoms with Gasteiger partial charge in [0, 0.05) is 43.8 Å². The van der Waals surface area contributed by atoms with Crippen LogP contribution in [0.3, 0.4) is 0 Å². The average molecular weight is 398 g/mol. The lowest BCUT2D eigenvalue weighted by Gasteiger charge is -2.31. The van der Waals surface area contributed by atoms with Gasteiger partial charge in [0.15, 0.2) is 0 Å². The molecule has 0 aromatic carbocycles. The smallest absolute Gasteiger partial charge is 0.225 e. The Balaban J connectivity index is 1.31. The molecule has 2 saturated heterocycles. The average Bonchev–Trinajstić information content (AvgIpc) is 3.06. The van der Waals surface area contributed by atoms with Gasteiger partial charge in [0.2, 0.25) is 5.95 Å². The molecule has 29 heavy (non-hydrogen) atoms. The Morgan fingerprint density at radius 2 is 1.48 bits per heavy atom. The minimum atomic E-state index is 0.510. The molecule has 4 aliphatic rings.